The Morgan fingerprint density at radius 1 is 1.33 bits per heavy atom. The first kappa shape index (κ1) is 15.8. The number of hydrogen-bond donors (Lipinski definition) is 1. The van der Waals surface area contributed by atoms with Crippen LogP contribution < -0.4 is 5.32 Å². The fourth-order valence-electron chi connectivity index (χ4n) is 2.47. The number of alkyl halides is 3. The number of ether oxygens (including phenoxy) is 1. The lowest BCUT2D eigenvalue weighted by molar-refractivity contribution is -0.139. The Bertz CT molecular complexity index is 233. The van der Waals surface area contributed by atoms with E-state index in [1.165, 1.54) is 0 Å². The van der Waals surface area contributed by atoms with E-state index in [1.807, 2.05) is 6.92 Å². The van der Waals surface area contributed by atoms with Crippen LogP contribution >= 0.6 is 0 Å². The van der Waals surface area contributed by atoms with Crippen molar-refractivity contribution in [3.05, 3.63) is 0 Å². The van der Waals surface area contributed by atoms with Crippen LogP contribution in [-0.4, -0.2) is 31.5 Å². The zero-order chi connectivity index (χ0) is 13.6. The van der Waals surface area contributed by atoms with Crippen LogP contribution in [0.1, 0.15) is 51.9 Å². The molecule has 1 unspecified atom stereocenters. The number of methoxy groups -OCH3 is 1. The average molecular weight is 267 g/mol. The molecule has 0 aliphatic heterocycles. The second kappa shape index (κ2) is 6.75. The zero-order valence-corrected chi connectivity index (χ0v) is 11.3. The highest BCUT2D eigenvalue weighted by atomic mass is 19.4. The Morgan fingerprint density at radius 3 is 2.39 bits per heavy atom. The highest BCUT2D eigenvalue weighted by Gasteiger charge is 2.39. The molecule has 1 saturated carbocycles. The maximum absolute atomic E-state index is 12.3. The number of rotatable bonds is 8. The maximum atomic E-state index is 12.3. The molecule has 0 bridgehead atoms. The zero-order valence-electron chi connectivity index (χ0n) is 11.3. The molecule has 1 atom stereocenters. The summed E-state index contributed by atoms with van der Waals surface area (Å²) in [5.41, 5.74) is -0.170. The first-order valence-electron chi connectivity index (χ1n) is 6.76. The van der Waals surface area contributed by atoms with Crippen molar-refractivity contribution in [3.63, 3.8) is 0 Å². The van der Waals surface area contributed by atoms with E-state index < -0.39 is 12.6 Å². The second-order valence-electron chi connectivity index (χ2n) is 5.25. The predicted octanol–water partition coefficient (Wildman–Crippen LogP) is 3.66. The van der Waals surface area contributed by atoms with Crippen molar-refractivity contribution in [3.8, 4) is 0 Å². The number of nitrogens with one attached hydrogen (secondary N) is 1. The van der Waals surface area contributed by atoms with Crippen LogP contribution in [0.25, 0.3) is 0 Å². The summed E-state index contributed by atoms with van der Waals surface area (Å²) in [7, 11) is 1.67. The summed E-state index contributed by atoms with van der Waals surface area (Å²) >= 11 is 0. The molecule has 1 aliphatic rings. The van der Waals surface area contributed by atoms with Gasteiger partial charge >= 0.3 is 6.18 Å². The van der Waals surface area contributed by atoms with Gasteiger partial charge in [0, 0.05) is 19.6 Å². The van der Waals surface area contributed by atoms with Crippen molar-refractivity contribution in [2.24, 2.45) is 0 Å². The second-order valence-corrected chi connectivity index (χ2v) is 5.25. The fourth-order valence-corrected chi connectivity index (χ4v) is 2.47. The van der Waals surface area contributed by atoms with Crippen LogP contribution in [0, 0.1) is 0 Å². The summed E-state index contributed by atoms with van der Waals surface area (Å²) in [5, 5.41) is 3.22. The Hall–Kier alpha value is -0.290. The molecule has 1 aliphatic carbocycles. The molecule has 0 spiro atoms. The van der Waals surface area contributed by atoms with Gasteiger partial charge in [-0.3, -0.25) is 0 Å². The molecule has 0 aromatic carbocycles. The molecule has 0 aromatic rings. The Balaban J connectivity index is 2.44. The molecule has 5 heteroatoms. The van der Waals surface area contributed by atoms with Gasteiger partial charge in [-0.15, -0.1) is 0 Å². The molecule has 0 heterocycles. The van der Waals surface area contributed by atoms with Crippen LogP contribution in [0.4, 0.5) is 13.2 Å². The number of halogens is 3. The molecular weight excluding hydrogens is 243 g/mol. The molecular formula is C13H24F3NO. The van der Waals surface area contributed by atoms with Crippen LogP contribution in [0.15, 0.2) is 0 Å². The molecule has 1 rings (SSSR count). The van der Waals surface area contributed by atoms with Crippen LogP contribution in [0.5, 0.6) is 0 Å². The van der Waals surface area contributed by atoms with Gasteiger partial charge < -0.3 is 10.1 Å². The van der Waals surface area contributed by atoms with Crippen LogP contribution in [0.2, 0.25) is 0 Å². The molecule has 2 nitrogen and oxygen atoms in total. The predicted molar refractivity (Wildman–Crippen MR) is 65.6 cm³/mol. The van der Waals surface area contributed by atoms with Gasteiger partial charge in [-0.25, -0.2) is 0 Å². The molecule has 108 valence electrons. The third-order valence-corrected chi connectivity index (χ3v) is 3.78. The lowest BCUT2D eigenvalue weighted by Gasteiger charge is -2.43. The average Bonchev–Trinajstić information content (AvgIpc) is 2.25. The van der Waals surface area contributed by atoms with Crippen molar-refractivity contribution in [2.45, 2.75) is 69.7 Å². The Labute approximate surface area is 107 Å². The Kier molecular flexibility index (Phi) is 5.92. The van der Waals surface area contributed by atoms with E-state index >= 15 is 0 Å². The van der Waals surface area contributed by atoms with Gasteiger partial charge in [0.1, 0.15) is 0 Å². The van der Waals surface area contributed by atoms with Crippen molar-refractivity contribution in [1.29, 1.82) is 0 Å². The quantitative estimate of drug-likeness (QED) is 0.724. The van der Waals surface area contributed by atoms with Crippen LogP contribution in [0.3, 0.4) is 0 Å². The van der Waals surface area contributed by atoms with Crippen LogP contribution in [-0.2, 0) is 4.74 Å². The lowest BCUT2D eigenvalue weighted by Crippen LogP contribution is -2.46. The van der Waals surface area contributed by atoms with Gasteiger partial charge in [-0.1, -0.05) is 6.92 Å². The largest absolute Gasteiger partial charge is 0.389 e. The minimum absolute atomic E-state index is 0.0909. The summed E-state index contributed by atoms with van der Waals surface area (Å²) in [4.78, 5) is 0. The molecule has 0 amide bonds. The molecule has 18 heavy (non-hydrogen) atoms. The van der Waals surface area contributed by atoms with Crippen molar-refractivity contribution in [1.82, 2.24) is 5.32 Å². The first-order chi connectivity index (χ1) is 8.41. The third-order valence-electron chi connectivity index (χ3n) is 3.78. The summed E-state index contributed by atoms with van der Waals surface area (Å²) in [5.74, 6) is 0. The molecule has 0 radical (unpaired) electrons. The lowest BCUT2D eigenvalue weighted by atomic mass is 9.75. The summed E-state index contributed by atoms with van der Waals surface area (Å²) in [6.07, 6.45) is 0.0596. The summed E-state index contributed by atoms with van der Waals surface area (Å²) in [6.45, 7) is 2.78. The van der Waals surface area contributed by atoms with Crippen molar-refractivity contribution >= 4 is 0 Å². The van der Waals surface area contributed by atoms with Gasteiger partial charge in [0.25, 0.3) is 0 Å². The summed E-state index contributed by atoms with van der Waals surface area (Å²) in [6, 6.07) is -0.0909. The third kappa shape index (κ3) is 5.14. The molecule has 1 N–H and O–H groups in total. The van der Waals surface area contributed by atoms with E-state index in [4.69, 9.17) is 4.74 Å². The van der Waals surface area contributed by atoms with E-state index in [-0.39, 0.29) is 18.1 Å². The first-order valence-corrected chi connectivity index (χ1v) is 6.76. The maximum Gasteiger partial charge on any atom is 0.389 e. The standard InChI is InChI=1S/C13H24F3NO/c1-3-9-17-11(5-8-13(14,15)16)10-12(18-2)6-4-7-12/h11,17H,3-10H2,1-2H3. The topological polar surface area (TPSA) is 21.3 Å². The summed E-state index contributed by atoms with van der Waals surface area (Å²) < 4.78 is 42.4. The van der Waals surface area contributed by atoms with E-state index in [0.717, 1.165) is 32.2 Å². The molecule has 0 saturated heterocycles. The van der Waals surface area contributed by atoms with Crippen molar-refractivity contribution in [2.75, 3.05) is 13.7 Å². The van der Waals surface area contributed by atoms with E-state index in [1.54, 1.807) is 7.11 Å². The SMILES string of the molecule is CCCNC(CCC(F)(F)F)CC1(OC)CCC1. The van der Waals surface area contributed by atoms with E-state index in [0.29, 0.717) is 6.42 Å². The van der Waals surface area contributed by atoms with Gasteiger partial charge in [-0.05, 0) is 45.1 Å². The molecule has 1 fully saturated rings. The van der Waals surface area contributed by atoms with Gasteiger partial charge in [0.2, 0.25) is 0 Å². The molecule has 0 aromatic heterocycles. The Morgan fingerprint density at radius 2 is 2.00 bits per heavy atom. The van der Waals surface area contributed by atoms with Gasteiger partial charge in [-0.2, -0.15) is 13.2 Å². The monoisotopic (exact) mass is 267 g/mol. The van der Waals surface area contributed by atoms with Crippen molar-refractivity contribution < 1.29 is 17.9 Å². The van der Waals surface area contributed by atoms with Gasteiger partial charge in [0.05, 0.1) is 5.60 Å². The normalized spacial score (nSPS) is 20.5. The highest BCUT2D eigenvalue weighted by molar-refractivity contribution is 4.93. The number of hydrogen-bond acceptors (Lipinski definition) is 2. The highest BCUT2D eigenvalue weighted by Crippen LogP contribution is 2.39. The van der Waals surface area contributed by atoms with E-state index in [9.17, 15) is 13.2 Å². The van der Waals surface area contributed by atoms with Gasteiger partial charge in [0.15, 0.2) is 0 Å². The fraction of sp³-hybridized carbons (Fsp3) is 1.00. The smallest absolute Gasteiger partial charge is 0.378 e. The minimum atomic E-state index is -4.06. The van der Waals surface area contributed by atoms with E-state index in [2.05, 4.69) is 5.32 Å². The minimum Gasteiger partial charge on any atom is -0.378 e.